The highest BCUT2D eigenvalue weighted by atomic mass is 16.5. The average molecular weight is 1430 g/mol. The number of aryl methyl sites for hydroxylation is 2. The summed E-state index contributed by atoms with van der Waals surface area (Å²) in [6.07, 6.45) is 2.23. The van der Waals surface area contributed by atoms with Crippen molar-refractivity contribution in [3.05, 3.63) is 5.82 Å². The molecule has 0 aromatic carbocycles. The third-order valence-electron chi connectivity index (χ3n) is 19.7. The standard InChI is InChI=1S/C71H128N16O14/c1-24-51-68(96)80(17)49(15)67(95)85(22)59(50(16)101-35-29-28-32-87-33-36-100-37-34-87)65(93)75-56(44(8)9)71(99)81(18)52(38-41(2)3)62(90)72-47(13)61(89)73-48(14)66(94)82(19)53(39-42(4)5)69(97)83(20)54(40-43(6)7)70(98)84(21)58(45(10)11)64(92)76-57(63(91)74-51)60(88)46(12)30-26-25-27-31-55-77-78-79-86(55)23/h41-54,56-60,88H,24-40H2,1-23H3,(H,72,90)(H,73,89)(H,74,91)(H,75,93)(H,76,92)/t46-,47+,48-,49-,50-,51+,52+,53+,54+,56+,57+,58+,59+,60-/m1/s1. The van der Waals surface area contributed by atoms with Crippen molar-refractivity contribution in [3.8, 4) is 0 Å². The van der Waals surface area contributed by atoms with Crippen LogP contribution in [-0.2, 0) is 75.7 Å². The van der Waals surface area contributed by atoms with E-state index < -0.39 is 161 Å². The van der Waals surface area contributed by atoms with Gasteiger partial charge < -0.3 is 70.6 Å². The first-order chi connectivity index (χ1) is 47.2. The Morgan fingerprint density at radius 2 is 1.02 bits per heavy atom. The van der Waals surface area contributed by atoms with Gasteiger partial charge in [-0.3, -0.25) is 57.6 Å². The number of nitrogens with zero attached hydrogens (tertiary/aromatic N) is 11. The largest absolute Gasteiger partial charge is 0.390 e. The van der Waals surface area contributed by atoms with Crippen LogP contribution in [0.4, 0.5) is 0 Å². The summed E-state index contributed by atoms with van der Waals surface area (Å²) in [5, 5.41) is 37.9. The number of hydrogen-bond acceptors (Lipinski definition) is 18. The van der Waals surface area contributed by atoms with Gasteiger partial charge in [0.05, 0.1) is 25.4 Å². The van der Waals surface area contributed by atoms with E-state index in [0.717, 1.165) is 37.4 Å². The Balaban J connectivity index is 2.28. The van der Waals surface area contributed by atoms with Crippen LogP contribution in [0.15, 0.2) is 0 Å². The summed E-state index contributed by atoms with van der Waals surface area (Å²) >= 11 is 0. The minimum absolute atomic E-state index is 0.0242. The van der Waals surface area contributed by atoms with Gasteiger partial charge in [0.15, 0.2) is 5.82 Å². The van der Waals surface area contributed by atoms with E-state index in [4.69, 9.17) is 9.47 Å². The van der Waals surface area contributed by atoms with Gasteiger partial charge in [-0.15, -0.1) is 5.10 Å². The van der Waals surface area contributed by atoms with Crippen molar-refractivity contribution in [2.24, 2.45) is 42.6 Å². The summed E-state index contributed by atoms with van der Waals surface area (Å²) in [6, 6.07) is -14.4. The van der Waals surface area contributed by atoms with Crippen LogP contribution in [0.25, 0.3) is 0 Å². The molecule has 0 spiro atoms. The Bertz CT molecular complexity index is 2870. The van der Waals surface area contributed by atoms with Gasteiger partial charge in [-0.2, -0.15) is 0 Å². The molecule has 3 heterocycles. The number of ether oxygens (including phenoxy) is 2. The summed E-state index contributed by atoms with van der Waals surface area (Å²) in [7, 11) is 10.3. The third-order valence-corrected chi connectivity index (χ3v) is 19.7. The highest BCUT2D eigenvalue weighted by molar-refractivity contribution is 6.00. The number of hydrogen-bond donors (Lipinski definition) is 6. The first-order valence-corrected chi connectivity index (χ1v) is 36.6. The summed E-state index contributed by atoms with van der Waals surface area (Å²) in [5.41, 5.74) is 0. The Morgan fingerprint density at radius 3 is 1.55 bits per heavy atom. The molecule has 0 radical (unpaired) electrons. The zero-order valence-corrected chi connectivity index (χ0v) is 65.2. The molecule has 101 heavy (non-hydrogen) atoms. The topological polar surface area (TPSA) is 353 Å². The number of amides is 11. The van der Waals surface area contributed by atoms with E-state index in [0.29, 0.717) is 51.1 Å². The second-order valence-electron chi connectivity index (χ2n) is 30.1. The second-order valence-corrected chi connectivity index (χ2v) is 30.1. The molecule has 6 N–H and O–H groups in total. The molecular formula is C71H128N16O14. The smallest absolute Gasteiger partial charge is 0.246 e. The fraction of sp³-hybridized carbons (Fsp3) is 0.831. The monoisotopic (exact) mass is 1430 g/mol. The number of likely N-dealkylation sites (N-methyl/N-ethyl adjacent to an activating group) is 6. The van der Waals surface area contributed by atoms with Crippen molar-refractivity contribution in [1.82, 2.24) is 81.1 Å². The quantitative estimate of drug-likeness (QED) is 0.0808. The van der Waals surface area contributed by atoms with Crippen LogP contribution in [0.3, 0.4) is 0 Å². The molecule has 0 aliphatic carbocycles. The second kappa shape index (κ2) is 42.0. The molecule has 11 amide bonds. The molecule has 0 bridgehead atoms. The van der Waals surface area contributed by atoms with Crippen LogP contribution in [0.5, 0.6) is 0 Å². The van der Waals surface area contributed by atoms with Crippen LogP contribution in [-0.4, -0.2) is 285 Å². The first kappa shape index (κ1) is 88.3. The highest BCUT2D eigenvalue weighted by Crippen LogP contribution is 2.25. The van der Waals surface area contributed by atoms with Crippen molar-refractivity contribution < 1.29 is 67.3 Å². The van der Waals surface area contributed by atoms with Crippen LogP contribution >= 0.6 is 0 Å². The molecule has 3 rings (SSSR count). The van der Waals surface area contributed by atoms with Crippen LogP contribution in [0, 0.1) is 35.5 Å². The zero-order valence-electron chi connectivity index (χ0n) is 65.2. The molecular weight excluding hydrogens is 1300 g/mol. The van der Waals surface area contributed by atoms with Crippen LogP contribution < -0.4 is 26.6 Å². The number of tetrazole rings is 1. The minimum Gasteiger partial charge on any atom is -0.390 e. The Labute approximate surface area is 601 Å². The summed E-state index contributed by atoms with van der Waals surface area (Å²) in [5.74, 6) is -9.59. The maximum absolute atomic E-state index is 15.2. The molecule has 2 aliphatic rings. The molecule has 2 saturated heterocycles. The van der Waals surface area contributed by atoms with Gasteiger partial charge in [-0.05, 0) is 132 Å². The zero-order chi connectivity index (χ0) is 76.6. The lowest BCUT2D eigenvalue weighted by molar-refractivity contribution is -0.154. The van der Waals surface area contributed by atoms with Gasteiger partial charge in [0.1, 0.15) is 66.5 Å². The Kier molecular flexibility index (Phi) is 36.7. The van der Waals surface area contributed by atoms with E-state index >= 15 is 28.8 Å². The SMILES string of the molecule is CC[C@@H]1NC(=O)[C@H]([C@H](O)[C@H](C)CCCCCc2nnnn2C)NC(=O)[C@H](C(C)C)N(C)C(=O)[C@H](CC(C)C)N(C)C(=O)[C@H](CC(C)C)N(C)C(=O)[C@@H](C)NC(=O)[C@H](C)NC(=O)[C@H](CC(C)C)N(C)C(=O)[C@H](C(C)C)NC(=O)[C@H]([C@@H](C)OCCCCN2CCOCC2)N(C)C(=O)[C@@H](C)N(C)C1=O. The van der Waals surface area contributed by atoms with Crippen molar-refractivity contribution in [2.75, 3.05) is 81.7 Å². The molecule has 1 aromatic rings. The number of aliphatic hydroxyl groups excluding tert-OH is 1. The summed E-state index contributed by atoms with van der Waals surface area (Å²) in [4.78, 5) is 173. The molecule has 14 atom stereocenters. The molecule has 30 nitrogen and oxygen atoms in total. The molecule has 1 aromatic heterocycles. The van der Waals surface area contributed by atoms with Gasteiger partial charge in [0.2, 0.25) is 65.0 Å². The number of unbranched alkanes of at least 4 members (excludes halogenated alkanes) is 3. The molecule has 2 fully saturated rings. The van der Waals surface area contributed by atoms with Crippen LogP contribution in [0.1, 0.15) is 181 Å². The van der Waals surface area contributed by atoms with Crippen molar-refractivity contribution in [2.45, 2.75) is 260 Å². The lowest BCUT2D eigenvalue weighted by Gasteiger charge is -2.40. The average Bonchev–Trinajstić information content (AvgIpc) is 1.07. The van der Waals surface area contributed by atoms with Crippen molar-refractivity contribution in [1.29, 1.82) is 0 Å². The predicted molar refractivity (Wildman–Crippen MR) is 382 cm³/mol. The Morgan fingerprint density at radius 1 is 0.505 bits per heavy atom. The molecule has 0 saturated carbocycles. The maximum atomic E-state index is 15.2. The normalized spacial score (nSPS) is 26.5. The van der Waals surface area contributed by atoms with E-state index in [2.05, 4.69) is 47.0 Å². The number of aliphatic hydroxyl groups is 1. The summed E-state index contributed by atoms with van der Waals surface area (Å²) < 4.78 is 13.5. The van der Waals surface area contributed by atoms with E-state index in [1.807, 2.05) is 41.5 Å². The van der Waals surface area contributed by atoms with Crippen LogP contribution in [0.2, 0.25) is 0 Å². The maximum Gasteiger partial charge on any atom is 0.246 e. The lowest BCUT2D eigenvalue weighted by atomic mass is 9.90. The van der Waals surface area contributed by atoms with Gasteiger partial charge in [-0.1, -0.05) is 95.9 Å². The molecule has 576 valence electrons. The van der Waals surface area contributed by atoms with E-state index in [9.17, 15) is 29.1 Å². The number of carbonyl (C=O) groups excluding carboxylic acids is 11. The van der Waals surface area contributed by atoms with Gasteiger partial charge >= 0.3 is 0 Å². The van der Waals surface area contributed by atoms with Crippen molar-refractivity contribution in [3.63, 3.8) is 0 Å². The number of morpholine rings is 1. The summed E-state index contributed by atoms with van der Waals surface area (Å²) in [6.45, 7) is 31.3. The van der Waals surface area contributed by atoms with E-state index in [-0.39, 0.29) is 50.0 Å². The fourth-order valence-corrected chi connectivity index (χ4v) is 13.1. The van der Waals surface area contributed by atoms with Crippen molar-refractivity contribution >= 4 is 65.0 Å². The first-order valence-electron chi connectivity index (χ1n) is 36.6. The number of nitrogens with one attached hydrogen (secondary N) is 5. The molecule has 2 aliphatic heterocycles. The van der Waals surface area contributed by atoms with Gasteiger partial charge in [0.25, 0.3) is 0 Å². The van der Waals surface area contributed by atoms with E-state index in [1.54, 1.807) is 60.2 Å². The molecule has 0 unspecified atom stereocenters. The lowest BCUT2D eigenvalue weighted by Crippen LogP contribution is -2.64. The number of aromatic nitrogens is 4. The third kappa shape index (κ3) is 25.8. The highest BCUT2D eigenvalue weighted by Gasteiger charge is 2.45. The number of carbonyl (C=O) groups is 11. The minimum atomic E-state index is -1.71. The number of rotatable bonds is 24. The molecule has 30 heteroatoms. The fourth-order valence-electron chi connectivity index (χ4n) is 13.1. The van der Waals surface area contributed by atoms with E-state index in [1.165, 1.54) is 87.6 Å². The van der Waals surface area contributed by atoms with Gasteiger partial charge in [-0.25, -0.2) is 4.68 Å². The predicted octanol–water partition coefficient (Wildman–Crippen LogP) is 2.15. The van der Waals surface area contributed by atoms with Gasteiger partial charge in [0, 0.05) is 75.5 Å². The Hall–Kier alpha value is -6.92.